The Balaban J connectivity index is 1.76. The summed E-state index contributed by atoms with van der Waals surface area (Å²) in [6, 6.07) is 8.58. The van der Waals surface area contributed by atoms with E-state index < -0.39 is 0 Å². The van der Waals surface area contributed by atoms with Gasteiger partial charge in [0.1, 0.15) is 6.33 Å². The molecule has 0 spiro atoms. The van der Waals surface area contributed by atoms with E-state index in [9.17, 15) is 0 Å². The zero-order valence-corrected chi connectivity index (χ0v) is 11.9. The molecule has 4 rings (SSSR count). The highest BCUT2D eigenvalue weighted by molar-refractivity contribution is 5.82. The second-order valence-electron chi connectivity index (χ2n) is 5.21. The van der Waals surface area contributed by atoms with Gasteiger partial charge in [-0.3, -0.25) is 0 Å². The van der Waals surface area contributed by atoms with Gasteiger partial charge in [0.2, 0.25) is 0 Å². The van der Waals surface area contributed by atoms with Gasteiger partial charge in [0.25, 0.3) is 0 Å². The molecule has 1 aliphatic heterocycles. The molecule has 0 N–H and O–H groups in total. The van der Waals surface area contributed by atoms with Crippen molar-refractivity contribution < 1.29 is 0 Å². The lowest BCUT2D eigenvalue weighted by Crippen LogP contribution is -2.31. The number of fused-ring (bicyclic) bond motifs is 2. The maximum atomic E-state index is 4.45. The minimum atomic E-state index is 0.760. The lowest BCUT2D eigenvalue weighted by Gasteiger charge is -2.29. The van der Waals surface area contributed by atoms with Gasteiger partial charge in [0, 0.05) is 19.6 Å². The van der Waals surface area contributed by atoms with Gasteiger partial charge in [-0.25, -0.2) is 14.6 Å². The molecule has 0 saturated carbocycles. The van der Waals surface area contributed by atoms with Crippen LogP contribution in [0.5, 0.6) is 0 Å². The van der Waals surface area contributed by atoms with Crippen LogP contribution in [0, 0.1) is 0 Å². The van der Waals surface area contributed by atoms with E-state index in [4.69, 9.17) is 0 Å². The summed E-state index contributed by atoms with van der Waals surface area (Å²) in [5.41, 5.74) is 4.38. The number of rotatable bonds is 2. The number of benzene rings is 1. The van der Waals surface area contributed by atoms with Crippen molar-refractivity contribution in [2.75, 3.05) is 11.4 Å². The third-order valence-electron chi connectivity index (χ3n) is 4.01. The maximum Gasteiger partial charge on any atom is 0.183 e. The highest BCUT2D eigenvalue weighted by atomic mass is 15.4. The van der Waals surface area contributed by atoms with Crippen molar-refractivity contribution in [1.82, 2.24) is 25.0 Å². The topological polar surface area (TPSA) is 59.7 Å². The fourth-order valence-corrected chi connectivity index (χ4v) is 2.90. The average molecular weight is 280 g/mol. The monoisotopic (exact) mass is 280 g/mol. The zero-order chi connectivity index (χ0) is 14.2. The Bertz CT molecular complexity index is 794. The van der Waals surface area contributed by atoms with Crippen LogP contribution in [0.2, 0.25) is 0 Å². The van der Waals surface area contributed by atoms with Crippen LogP contribution in [0.4, 0.5) is 5.82 Å². The molecule has 3 heterocycles. The lowest BCUT2D eigenvalue weighted by molar-refractivity contribution is 0.641. The van der Waals surface area contributed by atoms with Gasteiger partial charge in [-0.15, -0.1) is 5.10 Å². The van der Waals surface area contributed by atoms with Gasteiger partial charge < -0.3 is 4.90 Å². The summed E-state index contributed by atoms with van der Waals surface area (Å²) in [7, 11) is 0. The van der Waals surface area contributed by atoms with E-state index in [1.165, 1.54) is 11.1 Å². The summed E-state index contributed by atoms with van der Waals surface area (Å²) in [5.74, 6) is 0.884. The Labute approximate surface area is 122 Å². The average Bonchev–Trinajstić information content (AvgIpc) is 2.97. The molecule has 6 nitrogen and oxygen atoms in total. The van der Waals surface area contributed by atoms with Crippen LogP contribution in [0.1, 0.15) is 18.1 Å². The van der Waals surface area contributed by atoms with Crippen LogP contribution in [0.15, 0.2) is 30.6 Å². The smallest absolute Gasteiger partial charge is 0.183 e. The predicted octanol–water partition coefficient (Wildman–Crippen LogP) is 1.80. The SMILES string of the molecule is CCn1nnc2c(N3CCc4ccccc4C3)ncnc21. The molecule has 106 valence electrons. The number of nitrogens with zero attached hydrogens (tertiary/aromatic N) is 6. The van der Waals surface area contributed by atoms with Gasteiger partial charge >= 0.3 is 0 Å². The normalized spacial score (nSPS) is 14.4. The molecule has 1 aliphatic rings. The minimum Gasteiger partial charge on any atom is -0.350 e. The van der Waals surface area contributed by atoms with E-state index in [2.05, 4.69) is 49.4 Å². The first kappa shape index (κ1) is 12.3. The van der Waals surface area contributed by atoms with Crippen molar-refractivity contribution in [1.29, 1.82) is 0 Å². The van der Waals surface area contributed by atoms with Crippen LogP contribution in [0.3, 0.4) is 0 Å². The summed E-state index contributed by atoms with van der Waals surface area (Å²) in [4.78, 5) is 11.0. The molecule has 1 aromatic carbocycles. The fourth-order valence-electron chi connectivity index (χ4n) is 2.90. The molecule has 21 heavy (non-hydrogen) atoms. The van der Waals surface area contributed by atoms with E-state index in [-0.39, 0.29) is 0 Å². The standard InChI is InChI=1S/C15H16N6/c1-2-21-15-13(18-19-21)14(16-10-17-15)20-8-7-11-5-3-4-6-12(11)9-20/h3-6,10H,2,7-9H2,1H3. The maximum absolute atomic E-state index is 4.45. The molecule has 0 unspecified atom stereocenters. The first-order valence-electron chi connectivity index (χ1n) is 7.22. The molecular weight excluding hydrogens is 264 g/mol. The summed E-state index contributed by atoms with van der Waals surface area (Å²) >= 11 is 0. The van der Waals surface area contributed by atoms with Crippen molar-refractivity contribution in [3.05, 3.63) is 41.7 Å². The fraction of sp³-hybridized carbons (Fsp3) is 0.333. The Hall–Kier alpha value is -2.50. The number of anilines is 1. The van der Waals surface area contributed by atoms with Crippen LogP contribution < -0.4 is 4.90 Å². The summed E-state index contributed by atoms with van der Waals surface area (Å²) in [6.07, 6.45) is 2.64. The minimum absolute atomic E-state index is 0.760. The third kappa shape index (κ3) is 1.94. The number of aryl methyl sites for hydroxylation is 1. The van der Waals surface area contributed by atoms with Crippen molar-refractivity contribution in [2.24, 2.45) is 0 Å². The van der Waals surface area contributed by atoms with Crippen molar-refractivity contribution in [2.45, 2.75) is 26.4 Å². The molecule has 0 fully saturated rings. The molecule has 0 radical (unpaired) electrons. The van der Waals surface area contributed by atoms with E-state index in [1.54, 1.807) is 11.0 Å². The largest absolute Gasteiger partial charge is 0.350 e. The third-order valence-corrected chi connectivity index (χ3v) is 4.01. The summed E-state index contributed by atoms with van der Waals surface area (Å²) < 4.78 is 1.80. The lowest BCUT2D eigenvalue weighted by atomic mass is 10.00. The Morgan fingerprint density at radius 3 is 2.86 bits per heavy atom. The van der Waals surface area contributed by atoms with Crippen molar-refractivity contribution in [3.8, 4) is 0 Å². The van der Waals surface area contributed by atoms with E-state index >= 15 is 0 Å². The van der Waals surface area contributed by atoms with E-state index in [0.717, 1.165) is 43.0 Å². The summed E-state index contributed by atoms with van der Waals surface area (Å²) in [5, 5.41) is 8.42. The Kier molecular flexibility index (Phi) is 2.80. The number of hydrogen-bond donors (Lipinski definition) is 0. The molecule has 6 heteroatoms. The van der Waals surface area contributed by atoms with Crippen molar-refractivity contribution in [3.63, 3.8) is 0 Å². The highest BCUT2D eigenvalue weighted by Crippen LogP contribution is 2.26. The second kappa shape index (κ2) is 4.80. The molecular formula is C15H16N6. The van der Waals surface area contributed by atoms with Crippen molar-refractivity contribution >= 4 is 17.0 Å². The first-order chi connectivity index (χ1) is 10.4. The molecule has 2 aromatic heterocycles. The van der Waals surface area contributed by atoms with Crippen LogP contribution >= 0.6 is 0 Å². The van der Waals surface area contributed by atoms with Gasteiger partial charge in [-0.1, -0.05) is 29.5 Å². The van der Waals surface area contributed by atoms with Gasteiger partial charge in [0.15, 0.2) is 17.0 Å². The van der Waals surface area contributed by atoms with E-state index in [1.807, 2.05) is 6.92 Å². The molecule has 0 atom stereocenters. The summed E-state index contributed by atoms with van der Waals surface area (Å²) in [6.45, 7) is 4.60. The van der Waals surface area contributed by atoms with Crippen LogP contribution in [-0.4, -0.2) is 31.5 Å². The number of hydrogen-bond acceptors (Lipinski definition) is 5. The van der Waals surface area contributed by atoms with Gasteiger partial charge in [-0.2, -0.15) is 0 Å². The molecule has 0 saturated heterocycles. The molecule has 0 bridgehead atoms. The molecule has 0 aliphatic carbocycles. The van der Waals surface area contributed by atoms with Crippen LogP contribution in [0.25, 0.3) is 11.2 Å². The van der Waals surface area contributed by atoms with Crippen LogP contribution in [-0.2, 0) is 19.5 Å². The number of aromatic nitrogens is 5. The quantitative estimate of drug-likeness (QED) is 0.716. The highest BCUT2D eigenvalue weighted by Gasteiger charge is 2.21. The molecule has 3 aromatic rings. The first-order valence-corrected chi connectivity index (χ1v) is 7.22. The predicted molar refractivity (Wildman–Crippen MR) is 80.0 cm³/mol. The van der Waals surface area contributed by atoms with E-state index in [0.29, 0.717) is 0 Å². The molecule has 0 amide bonds. The van der Waals surface area contributed by atoms with Gasteiger partial charge in [0.05, 0.1) is 0 Å². The Morgan fingerprint density at radius 2 is 2.00 bits per heavy atom. The Morgan fingerprint density at radius 1 is 1.14 bits per heavy atom. The van der Waals surface area contributed by atoms with Gasteiger partial charge in [-0.05, 0) is 24.5 Å². The second-order valence-corrected chi connectivity index (χ2v) is 5.21. The zero-order valence-electron chi connectivity index (χ0n) is 11.9.